The molecule has 0 aliphatic rings. The second-order valence-electron chi connectivity index (χ2n) is 19.8. The van der Waals surface area contributed by atoms with Gasteiger partial charge in [-0.25, -0.2) is 19.8 Å². The van der Waals surface area contributed by atoms with E-state index in [4.69, 9.17) is 21.5 Å². The molecular formula is C70H42N8. The minimum absolute atomic E-state index is 0.526. The summed E-state index contributed by atoms with van der Waals surface area (Å²) >= 11 is 0. The van der Waals surface area contributed by atoms with Crippen LogP contribution >= 0.6 is 0 Å². The Hall–Kier alpha value is -10.9. The molecule has 0 aliphatic carbocycles. The van der Waals surface area contributed by atoms with Crippen LogP contribution in [0.2, 0.25) is 0 Å². The molecule has 0 spiro atoms. The zero-order valence-corrected chi connectivity index (χ0v) is 41.8. The Morgan fingerprint density at radius 2 is 0.590 bits per heavy atom. The topological polar surface area (TPSA) is 62.8 Å². The molecule has 0 amide bonds. The first-order chi connectivity index (χ1) is 38.7. The molecule has 0 bridgehead atoms. The van der Waals surface area contributed by atoms with Crippen molar-refractivity contribution < 1.29 is 0 Å². The first-order valence-corrected chi connectivity index (χ1v) is 26.2. The number of rotatable bonds is 7. The van der Waals surface area contributed by atoms with Crippen LogP contribution in [0.25, 0.3) is 149 Å². The van der Waals surface area contributed by atoms with Gasteiger partial charge in [-0.2, -0.15) is 0 Å². The average molecular weight is 995 g/mol. The summed E-state index contributed by atoms with van der Waals surface area (Å²) in [6, 6.07) is 89.8. The molecule has 0 saturated heterocycles. The molecule has 0 aliphatic heterocycles. The quantitative estimate of drug-likeness (QED) is 0.149. The van der Waals surface area contributed by atoms with Crippen LogP contribution in [-0.4, -0.2) is 33.2 Å². The summed E-state index contributed by atoms with van der Waals surface area (Å²) < 4.78 is 9.63. The van der Waals surface area contributed by atoms with E-state index >= 15 is 0 Å². The van der Waals surface area contributed by atoms with Crippen molar-refractivity contribution in [1.82, 2.24) is 33.2 Å². The van der Waals surface area contributed by atoms with Gasteiger partial charge in [0.15, 0.2) is 23.1 Å². The summed E-state index contributed by atoms with van der Waals surface area (Å²) in [7, 11) is 0. The van der Waals surface area contributed by atoms with Crippen molar-refractivity contribution in [3.8, 4) is 56.9 Å². The Bertz CT molecular complexity index is 4700. The molecule has 0 radical (unpaired) electrons. The zero-order chi connectivity index (χ0) is 51.4. The summed E-state index contributed by atoms with van der Waals surface area (Å²) in [4.78, 5) is 21.4. The van der Waals surface area contributed by atoms with Gasteiger partial charge in [0.05, 0.1) is 67.7 Å². The number of pyridine rings is 1. The fourth-order valence-electron chi connectivity index (χ4n) is 12.3. The van der Waals surface area contributed by atoms with Gasteiger partial charge in [-0.1, -0.05) is 200 Å². The van der Waals surface area contributed by atoms with E-state index in [1.54, 1.807) is 0 Å². The summed E-state index contributed by atoms with van der Waals surface area (Å²) in [6.45, 7) is 7.86. The number of para-hydroxylation sites is 8. The standard InChI is InChI=1S/C70H42N8/c1-71-46-41-39-45(40-42-46)68-72-55(44-21-3-2-4-22-44)43-56(73-68)65-66(75-57-31-13-5-23-47(57)48-24-6-14-32-58(48)75)69(77-61-35-17-9-27-51(61)52-28-10-18-36-62(52)77)74-70(78-63-37-19-11-29-53(63)54-30-12-20-38-64(54)78)67(65)76-59-33-15-7-25-49(59)50-26-8-16-34-60(50)76/h2-43H. The molecule has 6 heterocycles. The summed E-state index contributed by atoms with van der Waals surface area (Å²) in [5.74, 6) is 1.97. The smallest absolute Gasteiger partial charge is 0.187 e. The Kier molecular flexibility index (Phi) is 9.53. The summed E-state index contributed by atoms with van der Waals surface area (Å²) in [5.41, 5.74) is 14.4. The first-order valence-electron chi connectivity index (χ1n) is 26.2. The fraction of sp³-hybridized carbons (Fsp3) is 0. The van der Waals surface area contributed by atoms with Gasteiger partial charge in [0.25, 0.3) is 0 Å². The van der Waals surface area contributed by atoms with E-state index in [-0.39, 0.29) is 0 Å². The van der Waals surface area contributed by atoms with Gasteiger partial charge in [0, 0.05) is 54.2 Å². The third kappa shape index (κ3) is 6.36. The Morgan fingerprint density at radius 3 is 0.936 bits per heavy atom. The van der Waals surface area contributed by atoms with Crippen molar-refractivity contribution in [2.24, 2.45) is 0 Å². The number of fused-ring (bicyclic) bond motifs is 12. The van der Waals surface area contributed by atoms with Crippen LogP contribution in [0, 0.1) is 6.57 Å². The molecule has 78 heavy (non-hydrogen) atoms. The Labute approximate surface area is 447 Å². The first kappa shape index (κ1) is 43.5. The molecular weight excluding hydrogens is 953 g/mol. The fourth-order valence-corrected chi connectivity index (χ4v) is 12.3. The lowest BCUT2D eigenvalue weighted by Gasteiger charge is -2.26. The van der Waals surface area contributed by atoms with E-state index in [0.717, 1.165) is 133 Å². The van der Waals surface area contributed by atoms with Gasteiger partial charge < -0.3 is 9.13 Å². The van der Waals surface area contributed by atoms with Crippen molar-refractivity contribution in [2.45, 2.75) is 0 Å². The maximum absolute atomic E-state index is 7.86. The second kappa shape index (κ2) is 17.1. The molecule has 0 atom stereocenters. The third-order valence-corrected chi connectivity index (χ3v) is 15.6. The van der Waals surface area contributed by atoms with Gasteiger partial charge in [0.1, 0.15) is 11.4 Å². The molecule has 0 N–H and O–H groups in total. The van der Waals surface area contributed by atoms with E-state index < -0.39 is 0 Å². The number of hydrogen-bond acceptors (Lipinski definition) is 3. The van der Waals surface area contributed by atoms with Gasteiger partial charge in [-0.15, -0.1) is 0 Å². The van der Waals surface area contributed by atoms with E-state index in [1.807, 2.05) is 30.3 Å². The largest absolute Gasteiger partial charge is 0.305 e. The maximum Gasteiger partial charge on any atom is 0.187 e. The van der Waals surface area contributed by atoms with Crippen LogP contribution in [0.1, 0.15) is 0 Å². The minimum Gasteiger partial charge on any atom is -0.305 e. The Morgan fingerprint density at radius 1 is 0.282 bits per heavy atom. The highest BCUT2D eigenvalue weighted by atomic mass is 15.2. The van der Waals surface area contributed by atoms with Crippen molar-refractivity contribution in [2.75, 3.05) is 0 Å². The van der Waals surface area contributed by atoms with Gasteiger partial charge >= 0.3 is 0 Å². The van der Waals surface area contributed by atoms with Crippen LogP contribution in [-0.2, 0) is 0 Å². The highest BCUT2D eigenvalue weighted by Crippen LogP contribution is 2.49. The van der Waals surface area contributed by atoms with Crippen molar-refractivity contribution in [1.29, 1.82) is 0 Å². The normalized spacial score (nSPS) is 11.8. The van der Waals surface area contributed by atoms with Gasteiger partial charge in [-0.3, -0.25) is 9.13 Å². The highest BCUT2D eigenvalue weighted by Gasteiger charge is 2.33. The van der Waals surface area contributed by atoms with Gasteiger partial charge in [0.2, 0.25) is 0 Å². The molecule has 16 aromatic rings. The summed E-state index contributed by atoms with van der Waals surface area (Å²) in [6.07, 6.45) is 0. The predicted octanol–water partition coefficient (Wildman–Crippen LogP) is 17.8. The monoisotopic (exact) mass is 994 g/mol. The molecule has 0 fully saturated rings. The van der Waals surface area contributed by atoms with Crippen LogP contribution in [0.3, 0.4) is 0 Å². The van der Waals surface area contributed by atoms with Crippen molar-refractivity contribution in [3.63, 3.8) is 0 Å². The van der Waals surface area contributed by atoms with Crippen molar-refractivity contribution >= 4 is 92.9 Å². The molecule has 10 aromatic carbocycles. The van der Waals surface area contributed by atoms with Crippen LogP contribution < -0.4 is 0 Å². The zero-order valence-electron chi connectivity index (χ0n) is 41.8. The number of nitrogens with zero attached hydrogens (tertiary/aromatic N) is 8. The van der Waals surface area contributed by atoms with Crippen LogP contribution in [0.4, 0.5) is 5.69 Å². The van der Waals surface area contributed by atoms with E-state index in [9.17, 15) is 0 Å². The third-order valence-electron chi connectivity index (χ3n) is 15.6. The predicted molar refractivity (Wildman–Crippen MR) is 320 cm³/mol. The highest BCUT2D eigenvalue weighted by molar-refractivity contribution is 6.15. The lowest BCUT2D eigenvalue weighted by atomic mass is 10.0. The number of benzene rings is 10. The molecule has 362 valence electrons. The molecule has 0 saturated carbocycles. The second-order valence-corrected chi connectivity index (χ2v) is 19.8. The number of hydrogen-bond donors (Lipinski definition) is 0. The Balaban J connectivity index is 1.23. The number of aromatic nitrogens is 7. The van der Waals surface area contributed by atoms with E-state index in [2.05, 4.69) is 248 Å². The molecule has 8 nitrogen and oxygen atoms in total. The van der Waals surface area contributed by atoms with Crippen LogP contribution in [0.15, 0.2) is 255 Å². The molecule has 0 unspecified atom stereocenters. The molecule has 8 heteroatoms. The van der Waals surface area contributed by atoms with E-state index in [0.29, 0.717) is 17.2 Å². The summed E-state index contributed by atoms with van der Waals surface area (Å²) in [5, 5.41) is 8.94. The van der Waals surface area contributed by atoms with Crippen LogP contribution in [0.5, 0.6) is 0 Å². The molecule has 6 aromatic heterocycles. The molecule has 16 rings (SSSR count). The average Bonchev–Trinajstić information content (AvgIpc) is 4.13. The maximum atomic E-state index is 7.86. The van der Waals surface area contributed by atoms with E-state index in [1.165, 1.54) is 0 Å². The SMILES string of the molecule is [C-]#[N+]c1ccc(-c2nc(-c3ccccc3)cc(-c3c(-n4c5ccccc5c5ccccc54)c(-n4c5ccccc5c5ccccc54)nc(-n4c5ccccc5c5ccccc54)c3-n3c4ccccc4c4ccccc43)n2)cc1. The van der Waals surface area contributed by atoms with Gasteiger partial charge in [-0.05, 0) is 54.6 Å². The lowest BCUT2D eigenvalue weighted by Crippen LogP contribution is -2.16. The lowest BCUT2D eigenvalue weighted by molar-refractivity contribution is 0.958. The van der Waals surface area contributed by atoms with Crippen molar-refractivity contribution in [3.05, 3.63) is 266 Å². The minimum atomic E-state index is 0.526.